The van der Waals surface area contributed by atoms with Gasteiger partial charge in [0.25, 0.3) is 5.69 Å². The molecule has 0 spiro atoms. The van der Waals surface area contributed by atoms with Crippen LogP contribution in [0.2, 0.25) is 0 Å². The third-order valence-electron chi connectivity index (χ3n) is 3.15. The summed E-state index contributed by atoms with van der Waals surface area (Å²) < 4.78 is 0. The Morgan fingerprint density at radius 2 is 1.93 bits per heavy atom. The molecule has 1 atom stereocenters. The summed E-state index contributed by atoms with van der Waals surface area (Å²) in [6, 6.07) is 6.61. The van der Waals surface area contributed by atoms with Gasteiger partial charge in [-0.25, -0.2) is 0 Å². The molecule has 4 heteroatoms. The average Bonchev–Trinajstić information content (AvgIpc) is 2.15. The molecule has 0 unspecified atom stereocenters. The van der Waals surface area contributed by atoms with Crippen LogP contribution in [0.4, 0.5) is 5.69 Å². The summed E-state index contributed by atoms with van der Waals surface area (Å²) in [6.45, 7) is 0. The number of nitrogens with two attached hydrogens (primary N) is 1. The Kier molecular flexibility index (Phi) is 2.68. The van der Waals surface area contributed by atoms with Crippen molar-refractivity contribution >= 4 is 5.69 Å². The molecule has 0 heterocycles. The Bertz CT molecular complexity index is 357. The average molecular weight is 206 g/mol. The first-order chi connectivity index (χ1) is 7.18. The summed E-state index contributed by atoms with van der Waals surface area (Å²) in [4.78, 5) is 10.1. The number of nitro benzene ring substituents is 1. The van der Waals surface area contributed by atoms with Crippen molar-refractivity contribution in [1.82, 2.24) is 0 Å². The number of non-ortho nitro benzene ring substituents is 1. The van der Waals surface area contributed by atoms with Crippen LogP contribution >= 0.6 is 0 Å². The highest BCUT2D eigenvalue weighted by atomic mass is 16.6. The Balaban J connectivity index is 2.11. The molecule has 4 nitrogen and oxygen atoms in total. The van der Waals surface area contributed by atoms with Crippen molar-refractivity contribution < 1.29 is 4.92 Å². The molecule has 0 saturated heterocycles. The maximum absolute atomic E-state index is 10.5. The second kappa shape index (κ2) is 3.98. The number of nitrogens with zero attached hydrogens (tertiary/aromatic N) is 1. The van der Waals surface area contributed by atoms with Gasteiger partial charge in [-0.2, -0.15) is 0 Å². The predicted octanol–water partition coefficient (Wildman–Crippen LogP) is 2.39. The minimum atomic E-state index is -0.390. The highest BCUT2D eigenvalue weighted by Crippen LogP contribution is 2.36. The van der Waals surface area contributed by atoms with E-state index >= 15 is 0 Å². The summed E-state index contributed by atoms with van der Waals surface area (Å²) in [6.07, 6.45) is 3.61. The van der Waals surface area contributed by atoms with E-state index in [4.69, 9.17) is 5.73 Å². The predicted molar refractivity (Wildman–Crippen MR) is 57.4 cm³/mol. The van der Waals surface area contributed by atoms with Crippen LogP contribution in [-0.4, -0.2) is 4.92 Å². The maximum Gasteiger partial charge on any atom is 0.269 e. The van der Waals surface area contributed by atoms with E-state index in [9.17, 15) is 10.1 Å². The lowest BCUT2D eigenvalue weighted by Crippen LogP contribution is -2.26. The van der Waals surface area contributed by atoms with Crippen LogP contribution in [0.15, 0.2) is 24.3 Å². The largest absolute Gasteiger partial charge is 0.324 e. The molecule has 2 rings (SSSR count). The van der Waals surface area contributed by atoms with E-state index in [1.165, 1.54) is 31.4 Å². The lowest BCUT2D eigenvalue weighted by molar-refractivity contribution is -0.384. The summed E-state index contributed by atoms with van der Waals surface area (Å²) in [5.41, 5.74) is 7.19. The van der Waals surface area contributed by atoms with E-state index in [1.807, 2.05) is 0 Å². The van der Waals surface area contributed by atoms with E-state index in [0.29, 0.717) is 5.92 Å². The van der Waals surface area contributed by atoms with Gasteiger partial charge in [0.05, 0.1) is 4.92 Å². The summed E-state index contributed by atoms with van der Waals surface area (Å²) in [5.74, 6) is 0.562. The fourth-order valence-corrected chi connectivity index (χ4v) is 1.89. The molecule has 0 aliphatic heterocycles. The minimum Gasteiger partial charge on any atom is -0.324 e. The normalized spacial score (nSPS) is 18.2. The molecule has 15 heavy (non-hydrogen) atoms. The van der Waals surface area contributed by atoms with Gasteiger partial charge in [-0.1, -0.05) is 18.6 Å². The smallest absolute Gasteiger partial charge is 0.269 e. The van der Waals surface area contributed by atoms with Crippen molar-refractivity contribution in [3.63, 3.8) is 0 Å². The van der Waals surface area contributed by atoms with Crippen molar-refractivity contribution in [3.8, 4) is 0 Å². The molecular formula is C11H14N2O2. The van der Waals surface area contributed by atoms with Crippen LogP contribution in [0.5, 0.6) is 0 Å². The molecule has 0 bridgehead atoms. The highest BCUT2D eigenvalue weighted by molar-refractivity contribution is 5.34. The molecule has 1 saturated carbocycles. The molecule has 0 amide bonds. The number of nitro groups is 1. The van der Waals surface area contributed by atoms with Gasteiger partial charge in [0.15, 0.2) is 0 Å². The molecule has 1 aliphatic rings. The molecular weight excluding hydrogens is 192 g/mol. The van der Waals surface area contributed by atoms with E-state index < -0.39 is 4.92 Å². The van der Waals surface area contributed by atoms with Crippen molar-refractivity contribution in [2.45, 2.75) is 25.3 Å². The number of hydrogen-bond acceptors (Lipinski definition) is 3. The van der Waals surface area contributed by atoms with Gasteiger partial charge in [-0.15, -0.1) is 0 Å². The van der Waals surface area contributed by atoms with Gasteiger partial charge >= 0.3 is 0 Å². The Hall–Kier alpha value is -1.42. The number of rotatable bonds is 3. The van der Waals surface area contributed by atoms with Crippen molar-refractivity contribution in [1.29, 1.82) is 0 Å². The second-order valence-electron chi connectivity index (χ2n) is 4.07. The first-order valence-corrected chi connectivity index (χ1v) is 5.18. The molecule has 2 N–H and O–H groups in total. The zero-order chi connectivity index (χ0) is 10.8. The Morgan fingerprint density at radius 3 is 2.33 bits per heavy atom. The first-order valence-electron chi connectivity index (χ1n) is 5.18. The van der Waals surface area contributed by atoms with Crippen molar-refractivity contribution in [2.24, 2.45) is 11.7 Å². The van der Waals surface area contributed by atoms with Gasteiger partial charge in [0, 0.05) is 18.2 Å². The summed E-state index contributed by atoms with van der Waals surface area (Å²) in [5, 5.41) is 10.5. The van der Waals surface area contributed by atoms with Crippen molar-refractivity contribution in [2.75, 3.05) is 0 Å². The SMILES string of the molecule is N[C@@H](c1ccc([N+](=O)[O-])cc1)C1CCC1. The molecule has 80 valence electrons. The van der Waals surface area contributed by atoms with Crippen LogP contribution in [-0.2, 0) is 0 Å². The zero-order valence-electron chi connectivity index (χ0n) is 8.43. The first kappa shape index (κ1) is 10.1. The second-order valence-corrected chi connectivity index (χ2v) is 4.07. The van der Waals surface area contributed by atoms with Crippen LogP contribution < -0.4 is 5.73 Å². The number of hydrogen-bond donors (Lipinski definition) is 1. The summed E-state index contributed by atoms with van der Waals surface area (Å²) in [7, 11) is 0. The fourth-order valence-electron chi connectivity index (χ4n) is 1.89. The standard InChI is InChI=1S/C11H14N2O2/c12-11(8-2-1-3-8)9-4-6-10(7-5-9)13(14)15/h4-8,11H,1-3,12H2/t11-/m1/s1. The zero-order valence-corrected chi connectivity index (χ0v) is 8.43. The van der Waals surface area contributed by atoms with Gasteiger partial charge in [-0.3, -0.25) is 10.1 Å². The Labute approximate surface area is 88.2 Å². The molecule has 0 radical (unpaired) electrons. The van der Waals surface area contributed by atoms with Gasteiger partial charge in [-0.05, 0) is 24.3 Å². The van der Waals surface area contributed by atoms with Crippen LogP contribution in [0.3, 0.4) is 0 Å². The van der Waals surface area contributed by atoms with E-state index in [2.05, 4.69) is 0 Å². The molecule has 1 aromatic carbocycles. The van der Waals surface area contributed by atoms with Gasteiger partial charge < -0.3 is 5.73 Å². The molecule has 1 fully saturated rings. The van der Waals surface area contributed by atoms with Crippen molar-refractivity contribution in [3.05, 3.63) is 39.9 Å². The molecule has 0 aromatic heterocycles. The maximum atomic E-state index is 10.5. The lowest BCUT2D eigenvalue weighted by atomic mass is 9.77. The minimum absolute atomic E-state index is 0.0413. The topological polar surface area (TPSA) is 69.2 Å². The molecule has 1 aromatic rings. The highest BCUT2D eigenvalue weighted by Gasteiger charge is 2.25. The Morgan fingerprint density at radius 1 is 1.33 bits per heavy atom. The molecule has 1 aliphatic carbocycles. The number of benzene rings is 1. The van der Waals surface area contributed by atoms with Crippen LogP contribution in [0.1, 0.15) is 30.9 Å². The third-order valence-corrected chi connectivity index (χ3v) is 3.15. The van der Waals surface area contributed by atoms with E-state index in [0.717, 1.165) is 5.56 Å². The quantitative estimate of drug-likeness (QED) is 0.609. The van der Waals surface area contributed by atoms with E-state index in [-0.39, 0.29) is 11.7 Å². The van der Waals surface area contributed by atoms with Gasteiger partial charge in [0.2, 0.25) is 0 Å². The summed E-state index contributed by atoms with van der Waals surface area (Å²) >= 11 is 0. The fraction of sp³-hybridized carbons (Fsp3) is 0.455. The van der Waals surface area contributed by atoms with Crippen LogP contribution in [0.25, 0.3) is 0 Å². The van der Waals surface area contributed by atoms with Crippen LogP contribution in [0, 0.1) is 16.0 Å². The third kappa shape index (κ3) is 1.99. The van der Waals surface area contributed by atoms with E-state index in [1.54, 1.807) is 12.1 Å². The lowest BCUT2D eigenvalue weighted by Gasteiger charge is -2.31. The van der Waals surface area contributed by atoms with Gasteiger partial charge in [0.1, 0.15) is 0 Å². The monoisotopic (exact) mass is 206 g/mol.